The van der Waals surface area contributed by atoms with Gasteiger partial charge in [0.2, 0.25) is 11.8 Å². The van der Waals surface area contributed by atoms with Gasteiger partial charge in [-0.3, -0.25) is 9.59 Å². The Morgan fingerprint density at radius 1 is 0.830 bits per heavy atom. The molecule has 0 spiro atoms. The molecule has 3 aliphatic rings. The van der Waals surface area contributed by atoms with E-state index in [0.717, 1.165) is 68.2 Å². The van der Waals surface area contributed by atoms with Gasteiger partial charge in [0.05, 0.1) is 18.1 Å². The van der Waals surface area contributed by atoms with Crippen LogP contribution < -0.4 is 21.3 Å². The molecule has 3 aromatic rings. The largest absolute Gasteiger partial charge is 0.444 e. The molecule has 1 heterocycles. The highest BCUT2D eigenvalue weighted by Crippen LogP contribution is 2.32. The van der Waals surface area contributed by atoms with E-state index >= 15 is 0 Å². The molecule has 0 saturated carbocycles. The zero-order chi connectivity index (χ0) is 33.0. The third kappa shape index (κ3) is 8.22. The van der Waals surface area contributed by atoms with E-state index in [4.69, 9.17) is 4.74 Å². The van der Waals surface area contributed by atoms with Crippen molar-refractivity contribution in [3.63, 3.8) is 0 Å². The average Bonchev–Trinajstić information content (AvgIpc) is 3.55. The van der Waals surface area contributed by atoms with Gasteiger partial charge >= 0.3 is 6.09 Å². The van der Waals surface area contributed by atoms with E-state index in [-0.39, 0.29) is 35.9 Å². The van der Waals surface area contributed by atoms with Gasteiger partial charge in [-0.15, -0.1) is 0 Å². The highest BCUT2D eigenvalue weighted by molar-refractivity contribution is 5.86. The highest BCUT2D eigenvalue weighted by Gasteiger charge is 2.33. The summed E-state index contributed by atoms with van der Waals surface area (Å²) in [7, 11) is 0. The Morgan fingerprint density at radius 3 is 2.04 bits per heavy atom. The Balaban J connectivity index is 1.08. The summed E-state index contributed by atoms with van der Waals surface area (Å²) in [5, 5.41) is 12.8. The van der Waals surface area contributed by atoms with Crippen LogP contribution in [0, 0.1) is 0 Å². The molecule has 0 aromatic heterocycles. The number of hydrogen-bond acceptors (Lipinski definition) is 5. The lowest BCUT2D eigenvalue weighted by Gasteiger charge is -2.29. The monoisotopic (exact) mass is 636 g/mol. The second kappa shape index (κ2) is 14.3. The fourth-order valence-electron chi connectivity index (χ4n) is 7.36. The van der Waals surface area contributed by atoms with E-state index in [0.29, 0.717) is 6.42 Å². The minimum absolute atomic E-state index is 0.0634. The van der Waals surface area contributed by atoms with E-state index < -0.39 is 17.7 Å². The van der Waals surface area contributed by atoms with Crippen molar-refractivity contribution in [2.45, 2.75) is 108 Å². The Bertz CT molecular complexity index is 1580. The van der Waals surface area contributed by atoms with Crippen LogP contribution in [0.1, 0.15) is 104 Å². The first kappa shape index (κ1) is 32.8. The molecule has 8 nitrogen and oxygen atoms in total. The number of fused-ring (bicyclic) bond motifs is 2. The Labute approximate surface area is 278 Å². The molecule has 0 bridgehead atoms. The van der Waals surface area contributed by atoms with Crippen molar-refractivity contribution in [3.8, 4) is 0 Å². The Hall–Kier alpha value is -4.17. The lowest BCUT2D eigenvalue weighted by molar-refractivity contribution is -0.124. The van der Waals surface area contributed by atoms with Crippen LogP contribution in [0.2, 0.25) is 0 Å². The van der Waals surface area contributed by atoms with Gasteiger partial charge < -0.3 is 26.0 Å². The fourth-order valence-corrected chi connectivity index (χ4v) is 7.36. The topological polar surface area (TPSA) is 109 Å². The summed E-state index contributed by atoms with van der Waals surface area (Å²) in [4.78, 5) is 39.8. The number of rotatable bonds is 8. The van der Waals surface area contributed by atoms with Crippen LogP contribution in [0.5, 0.6) is 0 Å². The number of nitrogens with one attached hydrogen (secondary N) is 4. The number of carbonyl (C=O) groups is 3. The summed E-state index contributed by atoms with van der Waals surface area (Å²) < 4.78 is 5.51. The number of aryl methyl sites for hydroxylation is 2. The molecule has 1 aliphatic heterocycles. The molecule has 1 fully saturated rings. The maximum absolute atomic E-state index is 13.7. The van der Waals surface area contributed by atoms with E-state index in [2.05, 4.69) is 69.8 Å². The third-order valence-electron chi connectivity index (χ3n) is 9.72. The van der Waals surface area contributed by atoms with Crippen molar-refractivity contribution in [3.05, 3.63) is 106 Å². The highest BCUT2D eigenvalue weighted by atomic mass is 16.6. The first-order valence-electron chi connectivity index (χ1n) is 17.2. The summed E-state index contributed by atoms with van der Waals surface area (Å²) >= 11 is 0. The van der Waals surface area contributed by atoms with Crippen molar-refractivity contribution in [2.24, 2.45) is 0 Å². The number of alkyl carbamates (subject to hydrolysis) is 1. The molecule has 5 atom stereocenters. The van der Waals surface area contributed by atoms with Gasteiger partial charge in [0.15, 0.2) is 0 Å². The molecule has 6 rings (SSSR count). The van der Waals surface area contributed by atoms with E-state index in [1.165, 1.54) is 16.7 Å². The van der Waals surface area contributed by atoms with Gasteiger partial charge in [0.25, 0.3) is 0 Å². The normalized spacial score (nSPS) is 22.7. The van der Waals surface area contributed by atoms with Crippen molar-refractivity contribution in [1.29, 1.82) is 0 Å². The molecule has 4 N–H and O–H groups in total. The number of ether oxygens (including phenoxy) is 1. The summed E-state index contributed by atoms with van der Waals surface area (Å²) in [6, 6.07) is 23.8. The smallest absolute Gasteiger partial charge is 0.408 e. The second-order valence-corrected chi connectivity index (χ2v) is 14.3. The predicted molar refractivity (Wildman–Crippen MR) is 183 cm³/mol. The Kier molecular flexibility index (Phi) is 9.97. The van der Waals surface area contributed by atoms with Gasteiger partial charge in [0.1, 0.15) is 11.6 Å². The SMILES string of the molecule is CC(C)(C)OC(=O)N[C@@H](Cc1ccc([C@@H]2CN[C@H](C(=O)N[C@@H]3CCCc4ccccc43)C2)cc1)C(=O)N[C@@H]1CCCc2ccccc21. The summed E-state index contributed by atoms with van der Waals surface area (Å²) in [5.41, 5.74) is 6.39. The first-order valence-corrected chi connectivity index (χ1v) is 17.2. The summed E-state index contributed by atoms with van der Waals surface area (Å²) in [6.07, 6.45) is 6.43. The van der Waals surface area contributed by atoms with Crippen LogP contribution in [0.4, 0.5) is 4.79 Å². The van der Waals surface area contributed by atoms with Crippen LogP contribution in [0.25, 0.3) is 0 Å². The standard InChI is InChI=1S/C39H48N4O4/c1-39(2,3)47-38(46)43-35(37(45)42-33-17-9-13-28-11-5-7-15-31(28)33)22-25-18-20-26(21-19-25)29-23-34(40-24-29)36(44)41-32-16-8-12-27-10-4-6-14-30(27)32/h4-7,10-11,14-15,18-21,29,32-35,40H,8-9,12-13,16-17,22-24H2,1-3H3,(H,41,44)(H,42,45)(H,43,46)/t29-,32+,33+,34-,35-/m0/s1. The summed E-state index contributed by atoms with van der Waals surface area (Å²) in [5.74, 6) is 0.0494. The number of amides is 3. The molecule has 47 heavy (non-hydrogen) atoms. The van der Waals surface area contributed by atoms with Crippen LogP contribution in [0.3, 0.4) is 0 Å². The molecule has 0 radical (unpaired) electrons. The molecule has 8 heteroatoms. The number of benzene rings is 3. The maximum atomic E-state index is 13.7. The minimum Gasteiger partial charge on any atom is -0.444 e. The third-order valence-corrected chi connectivity index (χ3v) is 9.72. The molecule has 0 unspecified atom stereocenters. The maximum Gasteiger partial charge on any atom is 0.408 e. The summed E-state index contributed by atoms with van der Waals surface area (Å²) in [6.45, 7) is 6.15. The average molecular weight is 637 g/mol. The zero-order valence-electron chi connectivity index (χ0n) is 27.8. The Morgan fingerprint density at radius 2 is 1.43 bits per heavy atom. The van der Waals surface area contributed by atoms with Crippen LogP contribution >= 0.6 is 0 Å². The van der Waals surface area contributed by atoms with Gasteiger partial charge in [0, 0.05) is 13.0 Å². The van der Waals surface area contributed by atoms with Crippen molar-refractivity contribution in [2.75, 3.05) is 6.54 Å². The van der Waals surface area contributed by atoms with Gasteiger partial charge in [-0.05, 0) is 105 Å². The van der Waals surface area contributed by atoms with Gasteiger partial charge in [-0.1, -0.05) is 72.8 Å². The molecule has 3 aromatic carbocycles. The number of hydrogen-bond donors (Lipinski definition) is 4. The van der Waals surface area contributed by atoms with Crippen molar-refractivity contribution in [1.82, 2.24) is 21.3 Å². The van der Waals surface area contributed by atoms with E-state index in [1.54, 1.807) is 20.8 Å². The quantitative estimate of drug-likeness (QED) is 0.244. The fraction of sp³-hybridized carbons (Fsp3) is 0.462. The number of carbonyl (C=O) groups excluding carboxylic acids is 3. The van der Waals surface area contributed by atoms with Gasteiger partial charge in [-0.2, -0.15) is 0 Å². The molecular weight excluding hydrogens is 588 g/mol. The molecule has 2 aliphatic carbocycles. The molecular formula is C39H48N4O4. The van der Waals surface area contributed by atoms with E-state index in [1.807, 2.05) is 24.3 Å². The zero-order valence-corrected chi connectivity index (χ0v) is 27.8. The van der Waals surface area contributed by atoms with Crippen LogP contribution in [-0.2, 0) is 33.6 Å². The first-order chi connectivity index (χ1) is 22.6. The van der Waals surface area contributed by atoms with E-state index in [9.17, 15) is 14.4 Å². The van der Waals surface area contributed by atoms with Crippen molar-refractivity contribution < 1.29 is 19.1 Å². The molecule has 1 saturated heterocycles. The lowest BCUT2D eigenvalue weighted by atomic mass is 9.87. The lowest BCUT2D eigenvalue weighted by Crippen LogP contribution is -2.50. The molecule has 248 valence electrons. The predicted octanol–water partition coefficient (Wildman–Crippen LogP) is 5.96. The van der Waals surface area contributed by atoms with Crippen molar-refractivity contribution >= 4 is 17.9 Å². The van der Waals surface area contributed by atoms with Gasteiger partial charge in [-0.25, -0.2) is 4.79 Å². The minimum atomic E-state index is -0.795. The van der Waals surface area contributed by atoms with Crippen LogP contribution in [0.15, 0.2) is 72.8 Å². The molecule has 3 amide bonds. The van der Waals surface area contributed by atoms with Crippen LogP contribution in [-0.4, -0.2) is 42.1 Å². The second-order valence-electron chi connectivity index (χ2n) is 14.3.